The van der Waals surface area contributed by atoms with E-state index in [9.17, 15) is 0 Å². The average molecular weight is 506 g/mol. The Morgan fingerprint density at radius 1 is 0.857 bits per heavy atom. The summed E-state index contributed by atoms with van der Waals surface area (Å²) in [4.78, 5) is 0. The van der Waals surface area contributed by atoms with Crippen molar-refractivity contribution >= 4 is 48.5 Å². The molecule has 0 radical (unpaired) electrons. The molecule has 0 N–H and O–H groups in total. The van der Waals surface area contributed by atoms with Gasteiger partial charge in [-0.2, -0.15) is 0 Å². The molecule has 0 amide bonds. The van der Waals surface area contributed by atoms with Gasteiger partial charge in [0.05, 0.1) is 0 Å². The molecule has 0 heterocycles. The molecule has 2 unspecified atom stereocenters. The molecule has 2 aliphatic rings. The van der Waals surface area contributed by atoms with Crippen LogP contribution in [0.1, 0.15) is 44.3 Å². The molecule has 0 saturated heterocycles. The molecule has 0 bridgehead atoms. The summed E-state index contributed by atoms with van der Waals surface area (Å²) >= 11 is -2.04. The second-order valence-corrected chi connectivity index (χ2v) is 30.8. The summed E-state index contributed by atoms with van der Waals surface area (Å²) in [6, 6.07) is 20.8. The predicted octanol–water partition coefficient (Wildman–Crippen LogP) is 6.63. The van der Waals surface area contributed by atoms with Gasteiger partial charge < -0.3 is 0 Å². The maximum Gasteiger partial charge on any atom is -0.147 e. The number of allylic oxidation sites excluding steroid dienone is 1. The zero-order chi connectivity index (χ0) is 18.1. The third-order valence-corrected chi connectivity index (χ3v) is 14.4. The van der Waals surface area contributed by atoms with Crippen molar-refractivity contribution in [3.05, 3.63) is 88.0 Å². The van der Waals surface area contributed by atoms with Crippen LogP contribution in [0.25, 0.3) is 16.8 Å². The van der Waals surface area contributed by atoms with E-state index in [4.69, 9.17) is 0 Å². The van der Waals surface area contributed by atoms with Crippen LogP contribution in [0.2, 0.25) is 9.26 Å². The van der Waals surface area contributed by atoms with Gasteiger partial charge in [-0.15, -0.1) is 24.8 Å². The Hall–Kier alpha value is -0.660. The normalized spacial score (nSPS) is 19.6. The van der Waals surface area contributed by atoms with E-state index in [2.05, 4.69) is 83.7 Å². The summed E-state index contributed by atoms with van der Waals surface area (Å²) in [5, 5.41) is 2.90. The van der Waals surface area contributed by atoms with Crippen LogP contribution in [-0.2, 0) is 25.3 Å². The third-order valence-electron chi connectivity index (χ3n) is 6.29. The Balaban J connectivity index is 0.00000112. The van der Waals surface area contributed by atoms with E-state index in [-0.39, 0.29) is 24.8 Å². The standard InChI is InChI=1S/C22H17.2CH3.2ClH.H2Si.Zr/c1-14-11-16-7-4-9-18(20(16)12-14)21-13-17-8-2-5-15-6-3-10-19(21)22(15)17;;;;;;/h2-12,21H,13H2,1H3;2*1H3;2*1H;1H2;. The third kappa shape index (κ3) is 3.31. The molecule has 5 rings (SSSR count). The van der Waals surface area contributed by atoms with E-state index in [1.54, 1.807) is 22.3 Å². The van der Waals surface area contributed by atoms with Gasteiger partial charge in [0, 0.05) is 0 Å². The number of benzene rings is 3. The smallest absolute Gasteiger partial charge is 0.147 e. The van der Waals surface area contributed by atoms with Crippen LogP contribution in [0.15, 0.2) is 60.2 Å². The number of halogens is 2. The molecule has 2 aliphatic carbocycles. The molecule has 0 aromatic heterocycles. The van der Waals surface area contributed by atoms with Crippen LogP contribution in [0.4, 0.5) is 0 Å². The van der Waals surface area contributed by atoms with E-state index < -0.39 is 18.9 Å². The summed E-state index contributed by atoms with van der Waals surface area (Å²) in [5.74, 6) is 0.506. The van der Waals surface area contributed by atoms with Gasteiger partial charge in [-0.3, -0.25) is 0 Å². The summed E-state index contributed by atoms with van der Waals surface area (Å²) in [6.07, 6.45) is 3.66. The molecule has 0 aliphatic heterocycles. The van der Waals surface area contributed by atoms with Gasteiger partial charge in [0.2, 0.25) is 0 Å². The summed E-state index contributed by atoms with van der Waals surface area (Å²) in [5.41, 5.74) is 9.37. The van der Waals surface area contributed by atoms with Crippen molar-refractivity contribution in [2.45, 2.75) is 32.2 Å². The molecule has 28 heavy (non-hydrogen) atoms. The quantitative estimate of drug-likeness (QED) is 0.343. The zero-order valence-corrected chi connectivity index (χ0v) is 22.2. The first-order chi connectivity index (χ1) is 12.4. The average Bonchev–Trinajstić information content (AvgIpc) is 3.13. The van der Waals surface area contributed by atoms with Crippen molar-refractivity contribution in [2.24, 2.45) is 0 Å². The maximum absolute atomic E-state index is 2.59. The first-order valence-electron chi connectivity index (χ1n) is 9.62. The van der Waals surface area contributed by atoms with Gasteiger partial charge in [0.15, 0.2) is 0 Å². The Morgan fingerprint density at radius 2 is 1.46 bits per heavy atom. The minimum absolute atomic E-state index is 0. The van der Waals surface area contributed by atoms with Crippen LogP contribution < -0.4 is 0 Å². The fourth-order valence-electron chi connectivity index (χ4n) is 5.44. The van der Waals surface area contributed by atoms with Crippen LogP contribution in [0.3, 0.4) is 0 Å². The number of rotatable bonds is 2. The fraction of sp³-hybridized carbons (Fsp3) is 0.250. The van der Waals surface area contributed by atoms with Crippen molar-refractivity contribution in [1.29, 1.82) is 0 Å². The summed E-state index contributed by atoms with van der Waals surface area (Å²) in [6.45, 7) is 4.71. The molecule has 4 heteroatoms. The Kier molecular flexibility index (Phi) is 6.20. The minimum atomic E-state index is -2.04. The maximum atomic E-state index is 2.59. The van der Waals surface area contributed by atoms with Gasteiger partial charge in [0.1, 0.15) is 0 Å². The van der Waals surface area contributed by atoms with Crippen molar-refractivity contribution in [2.75, 3.05) is 0 Å². The van der Waals surface area contributed by atoms with E-state index >= 15 is 0 Å². The molecule has 3 aromatic carbocycles. The van der Waals surface area contributed by atoms with E-state index in [1.165, 1.54) is 21.9 Å². The molecular formula is C24H27Cl2SiZr. The number of fused-ring (bicyclic) bond motifs is 1. The Labute approximate surface area is 186 Å². The van der Waals surface area contributed by atoms with Gasteiger partial charge >= 0.3 is 163 Å². The van der Waals surface area contributed by atoms with Crippen LogP contribution in [0, 0.1) is 0 Å². The van der Waals surface area contributed by atoms with Crippen LogP contribution in [-0.4, -0.2) is 6.88 Å². The van der Waals surface area contributed by atoms with Crippen LogP contribution in [0.5, 0.6) is 0 Å². The van der Waals surface area contributed by atoms with Crippen molar-refractivity contribution in [1.82, 2.24) is 0 Å². The SMILES string of the molecule is CC1=Cc2c(C3Cc4cccc5cccc3c45)cccc2[CH]1[Zr]([CH3])([CH3])=[SiH2].Cl.Cl. The Morgan fingerprint density at radius 3 is 2.18 bits per heavy atom. The van der Waals surface area contributed by atoms with Crippen molar-refractivity contribution in [3.8, 4) is 0 Å². The largest absolute Gasteiger partial charge is 0.147 e. The molecule has 0 spiro atoms. The topological polar surface area (TPSA) is 0 Å². The first kappa shape index (κ1) is 22.0. The molecule has 0 fully saturated rings. The zero-order valence-electron chi connectivity index (χ0n) is 16.7. The minimum Gasteiger partial charge on any atom is -0.147 e. The monoisotopic (exact) mass is 503 g/mol. The summed E-state index contributed by atoms with van der Waals surface area (Å²) in [7, 11) is 0. The number of hydrogen-bond acceptors (Lipinski definition) is 0. The van der Waals surface area contributed by atoms with Gasteiger partial charge in [-0.25, -0.2) is 0 Å². The van der Waals surface area contributed by atoms with Crippen molar-refractivity contribution < 1.29 is 18.9 Å². The predicted molar refractivity (Wildman–Crippen MR) is 127 cm³/mol. The molecule has 145 valence electrons. The summed E-state index contributed by atoms with van der Waals surface area (Å²) < 4.78 is 5.92. The van der Waals surface area contributed by atoms with E-state index in [0.29, 0.717) is 5.92 Å². The van der Waals surface area contributed by atoms with Gasteiger partial charge in [0.25, 0.3) is 0 Å². The Bertz CT molecular complexity index is 1140. The fourth-order valence-corrected chi connectivity index (χ4v) is 14.6. The second kappa shape index (κ2) is 7.88. The van der Waals surface area contributed by atoms with Gasteiger partial charge in [-0.05, 0) is 0 Å². The second-order valence-electron chi connectivity index (χ2n) is 8.78. The molecular weight excluding hydrogens is 478 g/mol. The molecule has 2 atom stereocenters. The van der Waals surface area contributed by atoms with E-state index in [0.717, 1.165) is 10.0 Å². The molecule has 0 nitrogen and oxygen atoms in total. The molecule has 0 saturated carbocycles. The van der Waals surface area contributed by atoms with Crippen LogP contribution >= 0.6 is 24.8 Å². The molecule has 3 aromatic rings. The van der Waals surface area contributed by atoms with Crippen molar-refractivity contribution in [3.63, 3.8) is 0 Å². The first-order valence-corrected chi connectivity index (χ1v) is 21.9. The number of hydrogen-bond donors (Lipinski definition) is 0. The van der Waals surface area contributed by atoms with E-state index in [1.807, 2.05) is 0 Å². The van der Waals surface area contributed by atoms with Gasteiger partial charge in [-0.1, -0.05) is 0 Å².